The number of nitrogen functional groups attached to an aromatic ring is 1. The first kappa shape index (κ1) is 17.5. The number of carbonyl (C=O) groups is 2. The molecule has 0 atom stereocenters. The van der Waals surface area contributed by atoms with Crippen molar-refractivity contribution in [2.24, 2.45) is 0 Å². The molecule has 0 bridgehead atoms. The van der Waals surface area contributed by atoms with Crippen molar-refractivity contribution in [1.29, 1.82) is 0 Å². The van der Waals surface area contributed by atoms with E-state index in [1.807, 2.05) is 39.8 Å². The maximum atomic E-state index is 12.2. The van der Waals surface area contributed by atoms with E-state index in [1.165, 1.54) is 0 Å². The van der Waals surface area contributed by atoms with E-state index in [4.69, 9.17) is 5.73 Å². The van der Waals surface area contributed by atoms with Crippen LogP contribution in [0.5, 0.6) is 0 Å². The van der Waals surface area contributed by atoms with E-state index >= 15 is 0 Å². The molecular weight excluding hydrogens is 302 g/mol. The lowest BCUT2D eigenvalue weighted by Gasteiger charge is -2.13. The van der Waals surface area contributed by atoms with Crippen LogP contribution in [0, 0.1) is 27.7 Å². The maximum absolute atomic E-state index is 12.2. The summed E-state index contributed by atoms with van der Waals surface area (Å²) in [4.78, 5) is 24.3. The zero-order valence-electron chi connectivity index (χ0n) is 14.5. The van der Waals surface area contributed by atoms with Gasteiger partial charge in [-0.2, -0.15) is 0 Å². The maximum Gasteiger partial charge on any atom is 0.252 e. The van der Waals surface area contributed by atoms with Gasteiger partial charge in [-0.15, -0.1) is 0 Å². The standard InChI is InChI=1S/C19H23N3O2/c1-11-7-13(3)18(14(4)8-11)22-17(23)10-21-19(24)16-9-15(20)6-5-12(16)2/h5-9H,10,20H2,1-4H3,(H,21,24)(H,22,23). The third-order valence-electron chi connectivity index (χ3n) is 3.86. The molecular formula is C19H23N3O2. The lowest BCUT2D eigenvalue weighted by atomic mass is 10.1. The lowest BCUT2D eigenvalue weighted by molar-refractivity contribution is -0.115. The minimum atomic E-state index is -0.313. The molecule has 2 aromatic carbocycles. The number of aryl methyl sites for hydroxylation is 4. The Kier molecular flexibility index (Phi) is 5.24. The molecule has 0 heterocycles. The van der Waals surface area contributed by atoms with Crippen LogP contribution in [0.4, 0.5) is 11.4 Å². The first-order valence-electron chi connectivity index (χ1n) is 7.80. The van der Waals surface area contributed by atoms with Gasteiger partial charge in [0.2, 0.25) is 5.91 Å². The molecule has 126 valence electrons. The quantitative estimate of drug-likeness (QED) is 0.756. The molecule has 0 saturated carbocycles. The van der Waals surface area contributed by atoms with Crippen LogP contribution in [-0.4, -0.2) is 18.4 Å². The van der Waals surface area contributed by atoms with Gasteiger partial charge in [-0.1, -0.05) is 23.8 Å². The van der Waals surface area contributed by atoms with E-state index in [1.54, 1.807) is 18.2 Å². The molecule has 4 N–H and O–H groups in total. The molecule has 5 heteroatoms. The summed E-state index contributed by atoms with van der Waals surface area (Å²) >= 11 is 0. The Labute approximate surface area is 142 Å². The van der Waals surface area contributed by atoms with Crippen molar-refractivity contribution in [3.05, 3.63) is 58.1 Å². The molecule has 0 spiro atoms. The van der Waals surface area contributed by atoms with Crippen LogP contribution in [-0.2, 0) is 4.79 Å². The van der Waals surface area contributed by atoms with Crippen molar-refractivity contribution in [1.82, 2.24) is 5.32 Å². The predicted molar refractivity (Wildman–Crippen MR) is 97.2 cm³/mol. The average molecular weight is 325 g/mol. The summed E-state index contributed by atoms with van der Waals surface area (Å²) in [5.74, 6) is -0.577. The van der Waals surface area contributed by atoms with Gasteiger partial charge < -0.3 is 16.4 Å². The Balaban J connectivity index is 2.01. The van der Waals surface area contributed by atoms with Crippen LogP contribution in [0.15, 0.2) is 30.3 Å². The summed E-state index contributed by atoms with van der Waals surface area (Å²) in [5.41, 5.74) is 11.5. The summed E-state index contributed by atoms with van der Waals surface area (Å²) < 4.78 is 0. The van der Waals surface area contributed by atoms with Gasteiger partial charge >= 0.3 is 0 Å². The number of hydrogen-bond acceptors (Lipinski definition) is 3. The van der Waals surface area contributed by atoms with E-state index in [2.05, 4.69) is 10.6 Å². The van der Waals surface area contributed by atoms with Crippen molar-refractivity contribution in [2.45, 2.75) is 27.7 Å². The predicted octanol–water partition coefficient (Wildman–Crippen LogP) is 2.87. The number of amides is 2. The number of hydrogen-bond donors (Lipinski definition) is 3. The van der Waals surface area contributed by atoms with Crippen LogP contribution in [0.3, 0.4) is 0 Å². The van der Waals surface area contributed by atoms with Crippen molar-refractivity contribution < 1.29 is 9.59 Å². The zero-order valence-corrected chi connectivity index (χ0v) is 14.5. The normalized spacial score (nSPS) is 10.3. The summed E-state index contributed by atoms with van der Waals surface area (Å²) in [5, 5.41) is 5.49. The highest BCUT2D eigenvalue weighted by Crippen LogP contribution is 2.21. The fourth-order valence-electron chi connectivity index (χ4n) is 2.70. The summed E-state index contributed by atoms with van der Waals surface area (Å²) in [6.07, 6.45) is 0. The number of benzene rings is 2. The highest BCUT2D eigenvalue weighted by Gasteiger charge is 2.12. The molecule has 0 radical (unpaired) electrons. The molecule has 2 rings (SSSR count). The third kappa shape index (κ3) is 4.13. The second-order valence-electron chi connectivity index (χ2n) is 6.08. The molecule has 2 aromatic rings. The van der Waals surface area contributed by atoms with Crippen LogP contribution in [0.2, 0.25) is 0 Å². The zero-order chi connectivity index (χ0) is 17.9. The second-order valence-corrected chi connectivity index (χ2v) is 6.08. The summed E-state index contributed by atoms with van der Waals surface area (Å²) in [6.45, 7) is 7.64. The van der Waals surface area contributed by atoms with Gasteiger partial charge in [0.05, 0.1) is 6.54 Å². The Hall–Kier alpha value is -2.82. The average Bonchev–Trinajstić information content (AvgIpc) is 2.50. The van der Waals surface area contributed by atoms with Crippen molar-refractivity contribution in [3.63, 3.8) is 0 Å². The van der Waals surface area contributed by atoms with Gasteiger partial charge in [0.25, 0.3) is 5.91 Å². The Morgan fingerprint density at radius 3 is 2.21 bits per heavy atom. The molecule has 0 fully saturated rings. The number of rotatable bonds is 4. The molecule has 24 heavy (non-hydrogen) atoms. The van der Waals surface area contributed by atoms with Crippen molar-refractivity contribution >= 4 is 23.2 Å². The number of nitrogens with one attached hydrogen (secondary N) is 2. The molecule has 0 saturated heterocycles. The lowest BCUT2D eigenvalue weighted by Crippen LogP contribution is -2.33. The van der Waals surface area contributed by atoms with Crippen molar-refractivity contribution in [2.75, 3.05) is 17.6 Å². The van der Waals surface area contributed by atoms with Crippen LogP contribution >= 0.6 is 0 Å². The monoisotopic (exact) mass is 325 g/mol. The van der Waals surface area contributed by atoms with E-state index in [-0.39, 0.29) is 18.4 Å². The summed E-state index contributed by atoms with van der Waals surface area (Å²) in [6, 6.07) is 9.15. The molecule has 0 aromatic heterocycles. The molecule has 0 unspecified atom stereocenters. The van der Waals surface area contributed by atoms with Gasteiger partial charge in [-0.05, 0) is 56.5 Å². The van der Waals surface area contributed by atoms with E-state index in [9.17, 15) is 9.59 Å². The second kappa shape index (κ2) is 7.17. The number of anilines is 2. The SMILES string of the molecule is Cc1cc(C)c(NC(=O)CNC(=O)c2cc(N)ccc2C)c(C)c1. The Morgan fingerprint density at radius 1 is 0.958 bits per heavy atom. The largest absolute Gasteiger partial charge is 0.399 e. The van der Waals surface area contributed by atoms with E-state index in [0.29, 0.717) is 11.3 Å². The molecule has 0 aliphatic carbocycles. The van der Waals surface area contributed by atoms with E-state index < -0.39 is 0 Å². The highest BCUT2D eigenvalue weighted by molar-refractivity contribution is 6.01. The van der Waals surface area contributed by atoms with Gasteiger partial charge in [0, 0.05) is 16.9 Å². The first-order valence-corrected chi connectivity index (χ1v) is 7.80. The van der Waals surface area contributed by atoms with Crippen molar-refractivity contribution in [3.8, 4) is 0 Å². The van der Waals surface area contributed by atoms with Gasteiger partial charge in [0.15, 0.2) is 0 Å². The number of carbonyl (C=O) groups excluding carboxylic acids is 2. The topological polar surface area (TPSA) is 84.2 Å². The van der Waals surface area contributed by atoms with E-state index in [0.717, 1.165) is 27.9 Å². The smallest absolute Gasteiger partial charge is 0.252 e. The van der Waals surface area contributed by atoms with Crippen LogP contribution < -0.4 is 16.4 Å². The van der Waals surface area contributed by atoms with Crippen LogP contribution in [0.25, 0.3) is 0 Å². The molecule has 5 nitrogen and oxygen atoms in total. The molecule has 2 amide bonds. The first-order chi connectivity index (χ1) is 11.3. The Morgan fingerprint density at radius 2 is 1.58 bits per heavy atom. The fraction of sp³-hybridized carbons (Fsp3) is 0.263. The minimum absolute atomic E-state index is 0.0974. The van der Waals surface area contributed by atoms with Gasteiger partial charge in [-0.25, -0.2) is 0 Å². The van der Waals surface area contributed by atoms with Gasteiger partial charge in [0.1, 0.15) is 0 Å². The molecule has 0 aliphatic rings. The summed E-state index contributed by atoms with van der Waals surface area (Å²) in [7, 11) is 0. The van der Waals surface area contributed by atoms with Crippen LogP contribution in [0.1, 0.15) is 32.6 Å². The third-order valence-corrected chi connectivity index (χ3v) is 3.86. The highest BCUT2D eigenvalue weighted by atomic mass is 16.2. The minimum Gasteiger partial charge on any atom is -0.399 e. The fourth-order valence-corrected chi connectivity index (χ4v) is 2.70. The Bertz CT molecular complexity index is 774. The molecule has 0 aliphatic heterocycles. The van der Waals surface area contributed by atoms with Gasteiger partial charge in [-0.3, -0.25) is 9.59 Å². The number of nitrogens with two attached hydrogens (primary N) is 1.